The van der Waals surface area contributed by atoms with Gasteiger partial charge in [0, 0.05) is 6.04 Å². The molecule has 0 N–H and O–H groups in total. The van der Waals surface area contributed by atoms with Crippen LogP contribution in [0.1, 0.15) is 52.7 Å². The first-order valence-corrected chi connectivity index (χ1v) is 17.3. The van der Waals surface area contributed by atoms with Gasteiger partial charge in [0.05, 0.1) is 0 Å². The molecular formula is C27H34P2S2. The highest BCUT2D eigenvalue weighted by atomic mass is 32.4. The Bertz CT molecular complexity index is 1200. The van der Waals surface area contributed by atoms with Crippen molar-refractivity contribution in [2.24, 2.45) is 0 Å². The van der Waals surface area contributed by atoms with Crippen LogP contribution in [-0.2, 0) is 36.5 Å². The van der Waals surface area contributed by atoms with Crippen molar-refractivity contribution in [3.8, 4) is 0 Å². The van der Waals surface area contributed by atoms with Gasteiger partial charge in [0.25, 0.3) is 0 Å². The summed E-state index contributed by atoms with van der Waals surface area (Å²) < 4.78 is 0. The average Bonchev–Trinajstić information content (AvgIpc) is 3.17. The van der Waals surface area contributed by atoms with E-state index >= 15 is 0 Å². The zero-order valence-electron chi connectivity index (χ0n) is 19.6. The third kappa shape index (κ3) is 3.54. The first-order valence-electron chi connectivity index (χ1n) is 11.5. The zero-order chi connectivity index (χ0) is 22.6. The Kier molecular flexibility index (Phi) is 6.44. The second kappa shape index (κ2) is 8.53. The van der Waals surface area contributed by atoms with E-state index < -0.39 is 12.1 Å². The molecule has 4 rings (SSSR count). The molecule has 0 aliphatic heterocycles. The van der Waals surface area contributed by atoms with E-state index in [0.29, 0.717) is 17.0 Å². The van der Waals surface area contributed by atoms with Crippen LogP contribution in [0.3, 0.4) is 0 Å². The largest absolute Gasteiger partial charge is 0.0920 e. The van der Waals surface area contributed by atoms with E-state index in [1.54, 1.807) is 0 Å². The maximum absolute atomic E-state index is 6.70. The van der Waals surface area contributed by atoms with Gasteiger partial charge in [0.1, 0.15) is 0 Å². The summed E-state index contributed by atoms with van der Waals surface area (Å²) in [7, 11) is 0. The molecule has 3 aromatic carbocycles. The molecule has 0 unspecified atom stereocenters. The molecule has 0 spiro atoms. The van der Waals surface area contributed by atoms with Crippen molar-refractivity contribution in [2.75, 3.05) is 0 Å². The van der Waals surface area contributed by atoms with E-state index in [9.17, 15) is 0 Å². The molecule has 0 fully saturated rings. The van der Waals surface area contributed by atoms with Crippen LogP contribution in [0.4, 0.5) is 0 Å². The summed E-state index contributed by atoms with van der Waals surface area (Å²) in [4.78, 5) is 0. The third-order valence-electron chi connectivity index (χ3n) is 7.09. The third-order valence-corrected chi connectivity index (χ3v) is 20.5. The molecule has 0 aromatic heterocycles. The molecule has 0 bridgehead atoms. The van der Waals surface area contributed by atoms with Gasteiger partial charge in [0.15, 0.2) is 0 Å². The Morgan fingerprint density at radius 1 is 0.613 bits per heavy atom. The molecule has 4 heteroatoms. The topological polar surface area (TPSA) is 0 Å². The first kappa shape index (κ1) is 23.4. The van der Waals surface area contributed by atoms with Crippen LogP contribution >= 0.6 is 12.1 Å². The standard InChI is InChI=1S/C27H34P2S2/c1-18(2)28(30,19(3)4)24-16-14-21-12-13-22-15-17-25(27(24)26(21)22)29(31,20(5)6)23-10-8-7-9-11-23/h7-11,14-20H,12-13H2,1-6H3/t29-/m1/s1. The van der Waals surface area contributed by atoms with Gasteiger partial charge in [-0.25, -0.2) is 0 Å². The summed E-state index contributed by atoms with van der Waals surface area (Å²) in [6.07, 6.45) is 2.27. The lowest BCUT2D eigenvalue weighted by Gasteiger charge is -2.35. The summed E-state index contributed by atoms with van der Waals surface area (Å²) in [5.41, 5.74) is 4.32. The molecule has 0 amide bonds. The Labute approximate surface area is 198 Å². The van der Waals surface area contributed by atoms with Gasteiger partial charge in [-0.3, -0.25) is 0 Å². The van der Waals surface area contributed by atoms with Crippen molar-refractivity contribution in [1.82, 2.24) is 0 Å². The zero-order valence-corrected chi connectivity index (χ0v) is 23.0. The molecule has 0 radical (unpaired) electrons. The molecule has 1 aliphatic carbocycles. The molecule has 0 nitrogen and oxygen atoms in total. The molecule has 1 aliphatic rings. The summed E-state index contributed by atoms with van der Waals surface area (Å²) >= 11 is 13.3. The maximum Gasteiger partial charge on any atom is 0.0136 e. The molecule has 3 aromatic rings. The van der Waals surface area contributed by atoms with Gasteiger partial charge in [0.2, 0.25) is 0 Å². The molecular weight excluding hydrogens is 450 g/mol. The number of hydrogen-bond donors (Lipinski definition) is 0. The normalized spacial score (nSPS) is 15.9. The van der Waals surface area contributed by atoms with Crippen LogP contribution < -0.4 is 15.9 Å². The van der Waals surface area contributed by atoms with Crippen molar-refractivity contribution in [1.29, 1.82) is 0 Å². The molecule has 31 heavy (non-hydrogen) atoms. The number of rotatable bonds is 6. The van der Waals surface area contributed by atoms with Crippen molar-refractivity contribution < 1.29 is 0 Å². The fourth-order valence-electron chi connectivity index (χ4n) is 5.38. The van der Waals surface area contributed by atoms with Crippen LogP contribution in [0.5, 0.6) is 0 Å². The molecule has 0 saturated heterocycles. The number of hydrogen-bond acceptors (Lipinski definition) is 2. The maximum atomic E-state index is 6.70. The smallest absolute Gasteiger partial charge is 0.0136 e. The van der Waals surface area contributed by atoms with Crippen molar-refractivity contribution in [3.05, 3.63) is 65.7 Å². The second-order valence-corrected chi connectivity index (χ2v) is 20.6. The van der Waals surface area contributed by atoms with E-state index in [4.69, 9.17) is 23.6 Å². The van der Waals surface area contributed by atoms with E-state index in [2.05, 4.69) is 96.1 Å². The number of benzene rings is 3. The van der Waals surface area contributed by atoms with Crippen LogP contribution in [0, 0.1) is 0 Å². The van der Waals surface area contributed by atoms with Gasteiger partial charge < -0.3 is 0 Å². The van der Waals surface area contributed by atoms with Gasteiger partial charge in [-0.15, -0.1) is 0 Å². The van der Waals surface area contributed by atoms with Crippen LogP contribution in [-0.4, -0.2) is 17.0 Å². The van der Waals surface area contributed by atoms with Crippen LogP contribution in [0.2, 0.25) is 0 Å². The Morgan fingerprint density at radius 2 is 1.13 bits per heavy atom. The first-order chi connectivity index (χ1) is 14.6. The second-order valence-electron chi connectivity index (χ2n) is 9.72. The predicted molar refractivity (Wildman–Crippen MR) is 151 cm³/mol. The lowest BCUT2D eigenvalue weighted by atomic mass is 10.1. The van der Waals surface area contributed by atoms with E-state index in [1.807, 2.05) is 0 Å². The Balaban J connectivity index is 2.19. The molecule has 164 valence electrons. The Morgan fingerprint density at radius 3 is 1.61 bits per heavy atom. The minimum atomic E-state index is -2.01. The highest BCUT2D eigenvalue weighted by Gasteiger charge is 2.35. The summed E-state index contributed by atoms with van der Waals surface area (Å²) in [5.74, 6) is 0. The minimum Gasteiger partial charge on any atom is -0.0920 e. The molecule has 1 atom stereocenters. The lowest BCUT2D eigenvalue weighted by Crippen LogP contribution is -2.28. The SMILES string of the molecule is CC(C)P(=S)(c1ccc2c3c(ccc([P@](=S)(c4ccccc4)C(C)C)c13)CC2)C(C)C. The quantitative estimate of drug-likeness (QED) is 0.357. The van der Waals surface area contributed by atoms with Crippen molar-refractivity contribution in [3.63, 3.8) is 0 Å². The highest BCUT2D eigenvalue weighted by molar-refractivity contribution is 8.22. The van der Waals surface area contributed by atoms with Crippen LogP contribution in [0.15, 0.2) is 54.6 Å². The van der Waals surface area contributed by atoms with Crippen molar-refractivity contribution >= 4 is 62.4 Å². The fraction of sp³-hybridized carbons (Fsp3) is 0.407. The summed E-state index contributed by atoms with van der Waals surface area (Å²) in [6.45, 7) is 14.0. The van der Waals surface area contributed by atoms with E-state index in [0.717, 1.165) is 12.8 Å². The fourth-order valence-corrected chi connectivity index (χ4v) is 12.8. The van der Waals surface area contributed by atoms with Crippen LogP contribution in [0.25, 0.3) is 10.8 Å². The van der Waals surface area contributed by atoms with E-state index in [1.165, 1.54) is 37.8 Å². The minimum absolute atomic E-state index is 0.396. The highest BCUT2D eigenvalue weighted by Crippen LogP contribution is 2.58. The van der Waals surface area contributed by atoms with Gasteiger partial charge in [-0.05, 0) is 73.7 Å². The monoisotopic (exact) mass is 484 g/mol. The van der Waals surface area contributed by atoms with Gasteiger partial charge in [-0.2, -0.15) is 0 Å². The van der Waals surface area contributed by atoms with Crippen molar-refractivity contribution in [2.45, 2.75) is 71.4 Å². The summed E-state index contributed by atoms with van der Waals surface area (Å²) in [5, 5.41) is 7.09. The van der Waals surface area contributed by atoms with Gasteiger partial charge in [-0.1, -0.05) is 120 Å². The van der Waals surface area contributed by atoms with Gasteiger partial charge >= 0.3 is 0 Å². The van der Waals surface area contributed by atoms with E-state index in [-0.39, 0.29) is 0 Å². The summed E-state index contributed by atoms with van der Waals surface area (Å²) in [6, 6.07) is 16.7. The lowest BCUT2D eigenvalue weighted by molar-refractivity contribution is 1.02. The Hall–Kier alpha value is -0.780. The predicted octanol–water partition coefficient (Wildman–Crippen LogP) is 6.70. The molecule has 0 saturated carbocycles. The average molecular weight is 485 g/mol. The molecule has 0 heterocycles. The number of aryl methyl sites for hydroxylation is 2.